The van der Waals surface area contributed by atoms with Gasteiger partial charge in [-0.2, -0.15) is 0 Å². The Kier molecular flexibility index (Phi) is 1.99. The molecule has 0 bridgehead atoms. The molecule has 4 nitrogen and oxygen atoms in total. The van der Waals surface area contributed by atoms with Gasteiger partial charge in [-0.05, 0) is 24.1 Å². The first-order valence-electron chi connectivity index (χ1n) is 4.31. The Balaban J connectivity index is 2.43. The van der Waals surface area contributed by atoms with Crippen LogP contribution in [0.1, 0.15) is 5.56 Å². The second-order valence-electron chi connectivity index (χ2n) is 3.16. The Morgan fingerprint density at radius 3 is 3.00 bits per heavy atom. The number of fused-ring (bicyclic) bond motifs is 1. The lowest BCUT2D eigenvalue weighted by atomic mass is 10.2. The number of hydrogen-bond acceptors (Lipinski definition) is 2. The molecule has 0 spiro atoms. The summed E-state index contributed by atoms with van der Waals surface area (Å²) < 4.78 is 13.0. The summed E-state index contributed by atoms with van der Waals surface area (Å²) >= 11 is 0. The molecular formula is C9H11FN4. The molecule has 5 heteroatoms. The topological polar surface area (TPSA) is 67.6 Å². The number of anilines is 1. The van der Waals surface area contributed by atoms with Gasteiger partial charge in [0.25, 0.3) is 0 Å². The van der Waals surface area contributed by atoms with Crippen molar-refractivity contribution in [3.05, 3.63) is 29.6 Å². The summed E-state index contributed by atoms with van der Waals surface area (Å²) in [5.74, 6) is 5.01. The van der Waals surface area contributed by atoms with Crippen LogP contribution >= 0.6 is 0 Å². The molecule has 4 N–H and O–H groups in total. The van der Waals surface area contributed by atoms with Crippen LogP contribution in [0.2, 0.25) is 0 Å². The van der Waals surface area contributed by atoms with Gasteiger partial charge < -0.3 is 16.5 Å². The molecule has 14 heavy (non-hydrogen) atoms. The third-order valence-electron chi connectivity index (χ3n) is 2.35. The number of hydrogen-bond donors (Lipinski definition) is 2. The first-order valence-corrected chi connectivity index (χ1v) is 4.31. The number of guanidine groups is 1. The maximum Gasteiger partial charge on any atom is 0.217 e. The lowest BCUT2D eigenvalue weighted by molar-refractivity contribution is 0.628. The fraction of sp³-hybridized carbons (Fsp3) is 0.222. The van der Waals surface area contributed by atoms with E-state index in [0.29, 0.717) is 6.54 Å². The van der Waals surface area contributed by atoms with Crippen LogP contribution < -0.4 is 16.5 Å². The zero-order valence-electron chi connectivity index (χ0n) is 7.57. The quantitative estimate of drug-likeness (QED) is 0.271. The summed E-state index contributed by atoms with van der Waals surface area (Å²) in [7, 11) is 0. The van der Waals surface area contributed by atoms with Crippen molar-refractivity contribution in [3.63, 3.8) is 0 Å². The second kappa shape index (κ2) is 3.17. The van der Waals surface area contributed by atoms with Gasteiger partial charge in [-0.1, -0.05) is 6.07 Å². The predicted octanol–water partition coefficient (Wildman–Crippen LogP) is 0.377. The fourth-order valence-electron chi connectivity index (χ4n) is 1.66. The van der Waals surface area contributed by atoms with Crippen LogP contribution in [0.3, 0.4) is 0 Å². The molecule has 0 aromatic heterocycles. The lowest BCUT2D eigenvalue weighted by Gasteiger charge is -2.16. The molecule has 0 atom stereocenters. The van der Waals surface area contributed by atoms with E-state index in [2.05, 4.69) is 5.10 Å². The van der Waals surface area contributed by atoms with Crippen molar-refractivity contribution < 1.29 is 4.39 Å². The van der Waals surface area contributed by atoms with Crippen LogP contribution in [-0.4, -0.2) is 12.5 Å². The molecule has 0 amide bonds. The first kappa shape index (κ1) is 8.80. The molecule has 0 fully saturated rings. The fourth-order valence-corrected chi connectivity index (χ4v) is 1.66. The van der Waals surface area contributed by atoms with Crippen molar-refractivity contribution in [3.8, 4) is 0 Å². The average molecular weight is 194 g/mol. The van der Waals surface area contributed by atoms with Gasteiger partial charge >= 0.3 is 0 Å². The van der Waals surface area contributed by atoms with Gasteiger partial charge in [-0.15, -0.1) is 5.10 Å². The van der Waals surface area contributed by atoms with E-state index < -0.39 is 0 Å². The Hall–Kier alpha value is -1.78. The van der Waals surface area contributed by atoms with Gasteiger partial charge in [0.15, 0.2) is 0 Å². The van der Waals surface area contributed by atoms with Crippen molar-refractivity contribution >= 4 is 11.6 Å². The van der Waals surface area contributed by atoms with Crippen LogP contribution in [-0.2, 0) is 6.42 Å². The van der Waals surface area contributed by atoms with Crippen LogP contribution in [0, 0.1) is 5.82 Å². The molecule has 1 aromatic carbocycles. The minimum atomic E-state index is -0.277. The number of benzene rings is 1. The monoisotopic (exact) mass is 194 g/mol. The zero-order valence-corrected chi connectivity index (χ0v) is 7.57. The third kappa shape index (κ3) is 1.26. The molecule has 1 aromatic rings. The highest BCUT2D eigenvalue weighted by Gasteiger charge is 2.21. The molecule has 1 aliphatic rings. The highest BCUT2D eigenvalue weighted by Crippen LogP contribution is 2.28. The van der Waals surface area contributed by atoms with E-state index in [1.54, 1.807) is 11.0 Å². The van der Waals surface area contributed by atoms with E-state index in [4.69, 9.17) is 11.6 Å². The van der Waals surface area contributed by atoms with E-state index in [1.165, 1.54) is 12.1 Å². The molecule has 0 saturated heterocycles. The first-order chi connectivity index (χ1) is 6.72. The number of halogens is 1. The van der Waals surface area contributed by atoms with Crippen LogP contribution in [0.25, 0.3) is 0 Å². The number of rotatable bonds is 0. The standard InChI is InChI=1S/C9H11FN4/c10-7-2-1-6-3-4-14(8(6)5-7)9(11)13-12/h1-2,5H,3-4,12H2,(H2,11,13). The Bertz CT molecular complexity index is 388. The summed E-state index contributed by atoms with van der Waals surface area (Å²) in [6.45, 7) is 0.700. The maximum atomic E-state index is 13.0. The number of nitrogens with two attached hydrogens (primary N) is 2. The van der Waals surface area contributed by atoms with Crippen molar-refractivity contribution in [1.29, 1.82) is 0 Å². The smallest absolute Gasteiger partial charge is 0.217 e. The molecule has 0 radical (unpaired) electrons. The summed E-state index contributed by atoms with van der Waals surface area (Å²) in [5, 5.41) is 3.40. The molecule has 0 saturated carbocycles. The molecule has 2 rings (SSSR count). The Morgan fingerprint density at radius 2 is 2.29 bits per heavy atom. The highest BCUT2D eigenvalue weighted by molar-refractivity contribution is 5.96. The largest absolute Gasteiger partial charge is 0.368 e. The number of nitrogens with zero attached hydrogens (tertiary/aromatic N) is 2. The average Bonchev–Trinajstić information content (AvgIpc) is 2.59. The van der Waals surface area contributed by atoms with Gasteiger partial charge in [-0.25, -0.2) is 4.39 Å². The molecular weight excluding hydrogens is 183 g/mol. The second-order valence-corrected chi connectivity index (χ2v) is 3.16. The van der Waals surface area contributed by atoms with E-state index in [-0.39, 0.29) is 11.8 Å². The maximum absolute atomic E-state index is 13.0. The summed E-state index contributed by atoms with van der Waals surface area (Å²) in [5.41, 5.74) is 7.40. The Morgan fingerprint density at radius 1 is 1.50 bits per heavy atom. The Labute approximate surface area is 81.0 Å². The van der Waals surface area contributed by atoms with Crippen LogP contribution in [0.4, 0.5) is 10.1 Å². The van der Waals surface area contributed by atoms with Gasteiger partial charge in [0.2, 0.25) is 5.96 Å². The minimum Gasteiger partial charge on any atom is -0.368 e. The summed E-state index contributed by atoms with van der Waals surface area (Å²) in [6.07, 6.45) is 0.839. The zero-order chi connectivity index (χ0) is 10.1. The van der Waals surface area contributed by atoms with Gasteiger partial charge in [-0.3, -0.25) is 0 Å². The van der Waals surface area contributed by atoms with Crippen LogP contribution in [0.5, 0.6) is 0 Å². The lowest BCUT2D eigenvalue weighted by Crippen LogP contribution is -2.36. The van der Waals surface area contributed by atoms with Crippen molar-refractivity contribution in [2.75, 3.05) is 11.4 Å². The van der Waals surface area contributed by atoms with Gasteiger partial charge in [0, 0.05) is 12.2 Å². The molecule has 0 unspecified atom stereocenters. The molecule has 1 heterocycles. The van der Waals surface area contributed by atoms with E-state index in [1.807, 2.05) is 0 Å². The van der Waals surface area contributed by atoms with Crippen molar-refractivity contribution in [2.45, 2.75) is 6.42 Å². The normalized spacial score (nSPS) is 15.8. The van der Waals surface area contributed by atoms with Crippen LogP contribution in [0.15, 0.2) is 23.3 Å². The molecule has 0 aliphatic carbocycles. The van der Waals surface area contributed by atoms with Gasteiger partial charge in [0.05, 0.1) is 0 Å². The number of hydrazone groups is 1. The summed E-state index contributed by atoms with van der Waals surface area (Å²) in [4.78, 5) is 1.71. The predicted molar refractivity (Wildman–Crippen MR) is 53.3 cm³/mol. The SMILES string of the molecule is N/N=C(/N)N1CCc2ccc(F)cc21. The van der Waals surface area contributed by atoms with E-state index in [9.17, 15) is 4.39 Å². The minimum absolute atomic E-state index is 0.217. The van der Waals surface area contributed by atoms with Crippen molar-refractivity contribution in [1.82, 2.24) is 0 Å². The van der Waals surface area contributed by atoms with Gasteiger partial charge in [0.1, 0.15) is 5.82 Å². The third-order valence-corrected chi connectivity index (χ3v) is 2.35. The summed E-state index contributed by atoms with van der Waals surface area (Å²) in [6, 6.07) is 4.65. The molecule has 1 aliphatic heterocycles. The van der Waals surface area contributed by atoms with Crippen molar-refractivity contribution in [2.24, 2.45) is 16.7 Å². The highest BCUT2D eigenvalue weighted by atomic mass is 19.1. The van der Waals surface area contributed by atoms with E-state index >= 15 is 0 Å². The molecule has 74 valence electrons. The van der Waals surface area contributed by atoms with E-state index in [0.717, 1.165) is 17.7 Å².